The number of benzene rings is 1. The highest BCUT2D eigenvalue weighted by Gasteiger charge is 2.42. The molecule has 0 aliphatic carbocycles. The average Bonchev–Trinajstić information content (AvgIpc) is 2.83. The minimum Gasteiger partial charge on any atom is -0.484 e. The predicted octanol–water partition coefficient (Wildman–Crippen LogP) is 2.44. The highest BCUT2D eigenvalue weighted by molar-refractivity contribution is 6.31. The van der Waals surface area contributed by atoms with E-state index in [4.69, 9.17) is 21.1 Å². The van der Waals surface area contributed by atoms with Crippen molar-refractivity contribution in [3.05, 3.63) is 58.9 Å². The standard InChI is InChI=1S/C21H22ClN3O4/c22-16-1-2-18-17(11-16)20(27)25(14-21(29-18)5-9-28-10-6-21)13-19(26)24-12-15-3-7-23-8-4-15/h1-4,7-8,11H,5-6,9-10,12-14H2,(H,24,26). The SMILES string of the molecule is O=C(CN1CC2(CCOCC2)Oc2ccc(Cl)cc2C1=O)NCc1ccncc1. The zero-order valence-electron chi connectivity index (χ0n) is 15.9. The van der Waals surface area contributed by atoms with Gasteiger partial charge in [-0.3, -0.25) is 14.6 Å². The van der Waals surface area contributed by atoms with E-state index in [0.717, 1.165) is 5.56 Å². The maximum absolute atomic E-state index is 13.2. The minimum atomic E-state index is -0.571. The Kier molecular flexibility index (Phi) is 5.69. The molecule has 2 aromatic rings. The molecule has 3 heterocycles. The van der Waals surface area contributed by atoms with E-state index in [0.29, 0.717) is 55.5 Å². The second kappa shape index (κ2) is 8.39. The fourth-order valence-corrected chi connectivity index (χ4v) is 3.85. The van der Waals surface area contributed by atoms with E-state index >= 15 is 0 Å². The van der Waals surface area contributed by atoms with Crippen LogP contribution in [0.4, 0.5) is 0 Å². The molecule has 4 rings (SSSR count). The molecule has 0 unspecified atom stereocenters. The first-order valence-corrected chi connectivity index (χ1v) is 9.94. The monoisotopic (exact) mass is 415 g/mol. The number of hydrogen-bond acceptors (Lipinski definition) is 5. The molecule has 152 valence electrons. The van der Waals surface area contributed by atoms with E-state index in [1.807, 2.05) is 12.1 Å². The number of nitrogens with one attached hydrogen (secondary N) is 1. The number of amides is 2. The first kappa shape index (κ1) is 19.7. The lowest BCUT2D eigenvalue weighted by atomic mass is 9.93. The first-order valence-electron chi connectivity index (χ1n) is 9.56. The summed E-state index contributed by atoms with van der Waals surface area (Å²) < 4.78 is 11.8. The number of carbonyl (C=O) groups is 2. The molecule has 8 heteroatoms. The van der Waals surface area contributed by atoms with Gasteiger partial charge in [-0.15, -0.1) is 0 Å². The van der Waals surface area contributed by atoms with Gasteiger partial charge in [-0.05, 0) is 35.9 Å². The first-order chi connectivity index (χ1) is 14.0. The lowest BCUT2D eigenvalue weighted by molar-refractivity contribution is -0.122. The molecule has 2 amide bonds. The molecule has 2 aliphatic rings. The van der Waals surface area contributed by atoms with Crippen LogP contribution < -0.4 is 10.1 Å². The van der Waals surface area contributed by atoms with Gasteiger partial charge in [0.1, 0.15) is 17.9 Å². The Morgan fingerprint density at radius 3 is 2.72 bits per heavy atom. The smallest absolute Gasteiger partial charge is 0.258 e. The number of aromatic nitrogens is 1. The zero-order valence-corrected chi connectivity index (χ0v) is 16.7. The van der Waals surface area contributed by atoms with Gasteiger partial charge < -0.3 is 19.7 Å². The van der Waals surface area contributed by atoms with E-state index in [1.165, 1.54) is 0 Å². The van der Waals surface area contributed by atoms with Crippen molar-refractivity contribution in [3.8, 4) is 5.75 Å². The minimum absolute atomic E-state index is 0.0537. The van der Waals surface area contributed by atoms with Crippen molar-refractivity contribution < 1.29 is 19.1 Å². The van der Waals surface area contributed by atoms with Crippen LogP contribution in [0, 0.1) is 0 Å². The van der Waals surface area contributed by atoms with Gasteiger partial charge in [-0.2, -0.15) is 0 Å². The predicted molar refractivity (Wildman–Crippen MR) is 107 cm³/mol. The summed E-state index contributed by atoms with van der Waals surface area (Å²) in [5.41, 5.74) is 0.748. The third-order valence-corrected chi connectivity index (χ3v) is 5.48. The number of hydrogen-bond donors (Lipinski definition) is 1. The molecule has 7 nitrogen and oxygen atoms in total. The molecule has 1 fully saturated rings. The molecule has 0 bridgehead atoms. The lowest BCUT2D eigenvalue weighted by Crippen LogP contribution is -2.52. The largest absolute Gasteiger partial charge is 0.484 e. The third kappa shape index (κ3) is 4.52. The Morgan fingerprint density at radius 2 is 1.97 bits per heavy atom. The van der Waals surface area contributed by atoms with Gasteiger partial charge >= 0.3 is 0 Å². The van der Waals surface area contributed by atoms with Crippen molar-refractivity contribution in [3.63, 3.8) is 0 Å². The summed E-state index contributed by atoms with van der Waals surface area (Å²) in [7, 11) is 0. The zero-order chi connectivity index (χ0) is 20.3. The fraction of sp³-hybridized carbons (Fsp3) is 0.381. The number of pyridine rings is 1. The van der Waals surface area contributed by atoms with Crippen LogP contribution in [0.1, 0.15) is 28.8 Å². The molecule has 1 N–H and O–H groups in total. The number of rotatable bonds is 4. The highest BCUT2D eigenvalue weighted by Crippen LogP contribution is 2.36. The molecule has 0 atom stereocenters. The van der Waals surface area contributed by atoms with E-state index in [-0.39, 0.29) is 18.4 Å². The molecule has 1 aromatic carbocycles. The van der Waals surface area contributed by atoms with Gasteiger partial charge in [0.2, 0.25) is 5.91 Å². The summed E-state index contributed by atoms with van der Waals surface area (Å²) in [6, 6.07) is 8.69. The summed E-state index contributed by atoms with van der Waals surface area (Å²) in [5.74, 6) is 0.00812. The van der Waals surface area contributed by atoms with Crippen LogP contribution in [0.5, 0.6) is 5.75 Å². The van der Waals surface area contributed by atoms with Crippen molar-refractivity contribution in [1.29, 1.82) is 0 Å². The van der Waals surface area contributed by atoms with Gasteiger partial charge in [0.25, 0.3) is 5.91 Å². The summed E-state index contributed by atoms with van der Waals surface area (Å²) in [5, 5.41) is 3.31. The van der Waals surface area contributed by atoms with Gasteiger partial charge in [0.05, 0.1) is 25.3 Å². The second-order valence-electron chi connectivity index (χ2n) is 7.33. The lowest BCUT2D eigenvalue weighted by Gasteiger charge is -2.38. The van der Waals surface area contributed by atoms with Crippen molar-refractivity contribution in [2.75, 3.05) is 26.3 Å². The maximum Gasteiger partial charge on any atom is 0.258 e. The molecule has 1 saturated heterocycles. The Bertz CT molecular complexity index is 900. The van der Waals surface area contributed by atoms with E-state index in [1.54, 1.807) is 35.5 Å². The Hall–Kier alpha value is -2.64. The van der Waals surface area contributed by atoms with Gasteiger partial charge in [-0.1, -0.05) is 11.6 Å². The molecule has 1 spiro atoms. The maximum atomic E-state index is 13.2. The van der Waals surface area contributed by atoms with Gasteiger partial charge in [-0.25, -0.2) is 0 Å². The Labute approximate surface area is 174 Å². The number of halogens is 1. The van der Waals surface area contributed by atoms with Crippen LogP contribution in [-0.4, -0.2) is 53.6 Å². The van der Waals surface area contributed by atoms with Crippen LogP contribution >= 0.6 is 11.6 Å². The summed E-state index contributed by atoms with van der Waals surface area (Å²) in [4.78, 5) is 31.3. The average molecular weight is 416 g/mol. The molecule has 29 heavy (non-hydrogen) atoms. The topological polar surface area (TPSA) is 80.8 Å². The van der Waals surface area contributed by atoms with E-state index in [2.05, 4.69) is 10.3 Å². The third-order valence-electron chi connectivity index (χ3n) is 5.24. The number of fused-ring (bicyclic) bond motifs is 1. The van der Waals surface area contributed by atoms with Gasteiger partial charge in [0, 0.05) is 36.8 Å². The molecule has 0 saturated carbocycles. The van der Waals surface area contributed by atoms with Crippen molar-refractivity contribution in [2.45, 2.75) is 25.0 Å². The van der Waals surface area contributed by atoms with E-state index < -0.39 is 5.60 Å². The number of nitrogens with zero attached hydrogens (tertiary/aromatic N) is 2. The highest BCUT2D eigenvalue weighted by atomic mass is 35.5. The van der Waals surface area contributed by atoms with Crippen LogP contribution in [0.3, 0.4) is 0 Å². The Balaban J connectivity index is 1.54. The van der Waals surface area contributed by atoms with Crippen LogP contribution in [0.2, 0.25) is 5.02 Å². The summed E-state index contributed by atoms with van der Waals surface area (Å²) >= 11 is 6.11. The van der Waals surface area contributed by atoms with Crippen LogP contribution in [-0.2, 0) is 16.1 Å². The van der Waals surface area contributed by atoms with Crippen LogP contribution in [0.15, 0.2) is 42.7 Å². The molecule has 0 radical (unpaired) electrons. The molecule has 2 aliphatic heterocycles. The molecule has 1 aromatic heterocycles. The summed E-state index contributed by atoms with van der Waals surface area (Å²) in [6.45, 7) is 1.76. The normalized spacial score (nSPS) is 18.0. The van der Waals surface area contributed by atoms with Crippen molar-refractivity contribution >= 4 is 23.4 Å². The summed E-state index contributed by atoms with van der Waals surface area (Å²) in [6.07, 6.45) is 4.65. The van der Waals surface area contributed by atoms with Gasteiger partial charge in [0.15, 0.2) is 0 Å². The molecular formula is C21H22ClN3O4. The van der Waals surface area contributed by atoms with E-state index in [9.17, 15) is 9.59 Å². The second-order valence-corrected chi connectivity index (χ2v) is 7.77. The van der Waals surface area contributed by atoms with Crippen molar-refractivity contribution in [1.82, 2.24) is 15.2 Å². The fourth-order valence-electron chi connectivity index (χ4n) is 3.68. The number of carbonyl (C=O) groups excluding carboxylic acids is 2. The number of ether oxygens (including phenoxy) is 2. The van der Waals surface area contributed by atoms with Crippen molar-refractivity contribution in [2.24, 2.45) is 0 Å². The Morgan fingerprint density at radius 1 is 1.21 bits per heavy atom. The quantitative estimate of drug-likeness (QED) is 0.829. The molecular weight excluding hydrogens is 394 g/mol. The van der Waals surface area contributed by atoms with Crippen LogP contribution in [0.25, 0.3) is 0 Å².